The number of azo groups is 1. The summed E-state index contributed by atoms with van der Waals surface area (Å²) in [5.74, 6) is 0.296. The molecule has 3 aliphatic rings. The molecule has 0 spiro atoms. The standard InChI is InChI=1S/2C9H16N2.C9H15NS.C8H15F.C8H13NS.C7H13F.C7H13N3.C6H11N3/c1-7-6-10-11(5)8(7)9(2,3)4;1-6-8(9(3,4)5)7(2)11-10-6;1-6-7(2)10-11-8(6)9(3,4)5;1-7(2,3)6-5-8(6,4)9;1-6-5-9-10-7(6)8(2,3)4;1-6(2,3)7(8)4-5-7;1-6-5-8-9-10(6)7(2,3)4;1-6(2,3)9-5-4-7-8-9/h2*6H,1-5H3;1-5H3;6H,5H2,1-4H3;5H,1-4H3;4-5H2,1-3H3;5H,1-4H3;4-5H,1-3H3. The molecule has 3 unspecified atom stereocenters. The lowest BCUT2D eigenvalue weighted by molar-refractivity contribution is 0.137. The average Bonchev–Trinajstić information content (AvgIpc) is 3.72. The van der Waals surface area contributed by atoms with Gasteiger partial charge in [0.05, 0.1) is 52.8 Å². The molecule has 2 fully saturated rings. The Kier molecular flexibility index (Phi) is 25.3. The van der Waals surface area contributed by atoms with Gasteiger partial charge >= 0.3 is 0 Å². The molecule has 8 rings (SSSR count). The Labute approximate surface area is 488 Å². The van der Waals surface area contributed by atoms with Gasteiger partial charge in [-0.2, -0.15) is 19.7 Å². The Bertz CT molecular complexity index is 2580. The largest absolute Gasteiger partial charge is 0.272 e. The number of aryl methyl sites for hydroxylation is 5. The van der Waals surface area contributed by atoms with Crippen LogP contribution in [0.1, 0.15) is 250 Å². The van der Waals surface area contributed by atoms with Gasteiger partial charge in [0.25, 0.3) is 0 Å². The number of aromatic nitrogens is 10. The van der Waals surface area contributed by atoms with E-state index in [1.807, 2.05) is 74.3 Å². The summed E-state index contributed by atoms with van der Waals surface area (Å²) in [4.78, 5) is 2.81. The molecular weight excluding hydrogens is 1030 g/mol. The van der Waals surface area contributed by atoms with Crippen LogP contribution in [-0.4, -0.2) is 65.9 Å². The summed E-state index contributed by atoms with van der Waals surface area (Å²) in [5.41, 5.74) is 9.50. The minimum absolute atomic E-state index is 0.0561. The molecule has 0 amide bonds. The van der Waals surface area contributed by atoms with E-state index < -0.39 is 11.3 Å². The predicted molar refractivity (Wildman–Crippen MR) is 333 cm³/mol. The number of allylic oxidation sites excluding steroid dienone is 1. The van der Waals surface area contributed by atoms with Crippen LogP contribution in [0, 0.1) is 56.8 Å². The quantitative estimate of drug-likeness (QED) is 0.151. The molecule has 1 aliphatic heterocycles. The molecule has 2 aliphatic carbocycles. The molecule has 5 aromatic rings. The van der Waals surface area contributed by atoms with E-state index in [2.05, 4.69) is 225 Å². The van der Waals surface area contributed by atoms with Gasteiger partial charge in [0.1, 0.15) is 11.3 Å². The molecule has 12 nitrogen and oxygen atoms in total. The molecule has 0 saturated heterocycles. The van der Waals surface area contributed by atoms with Crippen LogP contribution in [0.5, 0.6) is 0 Å². The van der Waals surface area contributed by atoms with E-state index in [9.17, 15) is 8.78 Å². The molecule has 0 N–H and O–H groups in total. The van der Waals surface area contributed by atoms with Crippen molar-refractivity contribution in [1.29, 1.82) is 0 Å². The summed E-state index contributed by atoms with van der Waals surface area (Å²) in [7, 11) is 1.99. The van der Waals surface area contributed by atoms with E-state index >= 15 is 0 Å². The number of nitrogens with zero attached hydrogens (tertiary/aromatic N) is 12. The summed E-state index contributed by atoms with van der Waals surface area (Å²) in [6, 6.07) is 0.287. The molecule has 0 bridgehead atoms. The van der Waals surface area contributed by atoms with E-state index in [0.717, 1.165) is 30.7 Å². The maximum atomic E-state index is 13.0. The zero-order chi connectivity index (χ0) is 62.1. The van der Waals surface area contributed by atoms with Crippen molar-refractivity contribution in [3.63, 3.8) is 0 Å². The van der Waals surface area contributed by atoms with Gasteiger partial charge in [-0.05, 0) is 189 Å². The molecule has 0 aromatic carbocycles. The zero-order valence-electron chi connectivity index (χ0n) is 56.1. The van der Waals surface area contributed by atoms with Crippen LogP contribution < -0.4 is 0 Å². The molecule has 3 atom stereocenters. The van der Waals surface area contributed by atoms with Crippen LogP contribution in [0.4, 0.5) is 8.78 Å². The van der Waals surface area contributed by atoms with Crippen LogP contribution in [0.15, 0.2) is 52.5 Å². The van der Waals surface area contributed by atoms with Gasteiger partial charge < -0.3 is 0 Å². The normalized spacial score (nSPS) is 18.7. The molecule has 2 saturated carbocycles. The maximum absolute atomic E-state index is 13.0. The summed E-state index contributed by atoms with van der Waals surface area (Å²) in [6.45, 7) is 67.6. The fraction of sp³-hybridized carbons (Fsp3) is 0.762. The monoisotopic (exact) mass is 1140 g/mol. The van der Waals surface area contributed by atoms with Crippen molar-refractivity contribution in [2.75, 3.05) is 0 Å². The van der Waals surface area contributed by atoms with E-state index in [-0.39, 0.29) is 49.6 Å². The predicted octanol–water partition coefficient (Wildman–Crippen LogP) is 18.7. The highest BCUT2D eigenvalue weighted by Crippen LogP contribution is 2.56. The summed E-state index contributed by atoms with van der Waals surface area (Å²) in [5, 5.41) is 27.7. The van der Waals surface area contributed by atoms with Gasteiger partial charge in [-0.15, -0.1) is 10.2 Å². The second-order valence-electron chi connectivity index (χ2n) is 30.3. The Balaban J connectivity index is 0.000000452. The highest BCUT2D eigenvalue weighted by atomic mass is 32.1. The second kappa shape index (κ2) is 27.4. The van der Waals surface area contributed by atoms with E-state index in [1.165, 1.54) is 43.4 Å². The Morgan fingerprint density at radius 2 is 1.14 bits per heavy atom. The maximum Gasteiger partial charge on any atom is 0.116 e. The molecule has 5 aromatic heterocycles. The lowest BCUT2D eigenvalue weighted by Gasteiger charge is -2.23. The molecule has 16 heteroatoms. The number of alkyl halides is 2. The molecular formula is C63H112F2N12S2. The third kappa shape index (κ3) is 23.8. The van der Waals surface area contributed by atoms with Crippen molar-refractivity contribution < 1.29 is 8.78 Å². The van der Waals surface area contributed by atoms with E-state index in [0.29, 0.717) is 5.92 Å². The highest BCUT2D eigenvalue weighted by Gasteiger charge is 2.56. The first-order chi connectivity index (χ1) is 35.2. The first-order valence-electron chi connectivity index (χ1n) is 28.3. The zero-order valence-corrected chi connectivity index (χ0v) is 57.7. The summed E-state index contributed by atoms with van der Waals surface area (Å²) >= 11 is 3.24. The number of rotatable bonds is 0. The topological polar surface area (TPSA) is 130 Å². The van der Waals surface area contributed by atoms with Crippen LogP contribution in [-0.2, 0) is 34.4 Å². The van der Waals surface area contributed by atoms with Crippen molar-refractivity contribution in [3.8, 4) is 0 Å². The number of hydrogen-bond donors (Lipinski definition) is 0. The Morgan fingerprint density at radius 3 is 1.29 bits per heavy atom. The minimum Gasteiger partial charge on any atom is -0.272 e. The van der Waals surface area contributed by atoms with Crippen molar-refractivity contribution in [1.82, 2.24) is 48.5 Å². The van der Waals surface area contributed by atoms with Crippen molar-refractivity contribution in [3.05, 3.63) is 85.8 Å². The lowest BCUT2D eigenvalue weighted by Crippen LogP contribution is -2.24. The van der Waals surface area contributed by atoms with Gasteiger partial charge in [0.15, 0.2) is 0 Å². The van der Waals surface area contributed by atoms with Gasteiger partial charge in [0.2, 0.25) is 0 Å². The number of halogens is 2. The summed E-state index contributed by atoms with van der Waals surface area (Å²) < 4.78 is 40.1. The first-order valence-corrected chi connectivity index (χ1v) is 29.8. The van der Waals surface area contributed by atoms with Gasteiger partial charge in [0, 0.05) is 46.2 Å². The van der Waals surface area contributed by atoms with Crippen LogP contribution in [0.2, 0.25) is 0 Å². The Morgan fingerprint density at radius 1 is 0.620 bits per heavy atom. The smallest absolute Gasteiger partial charge is 0.116 e. The minimum atomic E-state index is -0.849. The second-order valence-corrected chi connectivity index (χ2v) is 31.9. The van der Waals surface area contributed by atoms with E-state index in [1.54, 1.807) is 42.4 Å². The van der Waals surface area contributed by atoms with Gasteiger partial charge in [-0.3, -0.25) is 4.68 Å². The van der Waals surface area contributed by atoms with Crippen molar-refractivity contribution in [2.24, 2.45) is 39.4 Å². The van der Waals surface area contributed by atoms with Gasteiger partial charge in [-0.25, -0.2) is 22.5 Å². The first kappa shape index (κ1) is 73.0. The number of hydrogen-bond acceptors (Lipinski definition) is 11. The lowest BCUT2D eigenvalue weighted by atomic mass is 9.82. The third-order valence-corrected chi connectivity index (χ3v) is 16.6. The van der Waals surface area contributed by atoms with Crippen LogP contribution in [0.25, 0.3) is 0 Å². The Hall–Kier alpha value is -4.05. The molecule has 0 radical (unpaired) electrons. The summed E-state index contributed by atoms with van der Waals surface area (Å²) in [6.07, 6.45) is 11.5. The van der Waals surface area contributed by atoms with Crippen molar-refractivity contribution >= 4 is 23.1 Å². The fourth-order valence-electron chi connectivity index (χ4n) is 9.44. The molecule has 6 heterocycles. The van der Waals surface area contributed by atoms with Crippen LogP contribution >= 0.6 is 23.1 Å². The SMILES string of the molecule is CC(C)(C)C1(F)CC1.CC(C)(C)C1CC1(C)F.CC(C)(C)n1ccnn1.CC1=C(C(C)(C)C)C(C)N=N1.Cc1cnn(C)c1C(C)(C)C.Cc1cnnn1C(C)(C)C.Cc1cnsc1C(C)(C)C.Cc1nsc(C(C)(C)C)c1C. The average molecular weight is 1140 g/mol. The van der Waals surface area contributed by atoms with Gasteiger partial charge in [-0.1, -0.05) is 135 Å². The van der Waals surface area contributed by atoms with E-state index in [4.69, 9.17) is 0 Å². The molecule has 450 valence electrons. The third-order valence-electron chi connectivity index (χ3n) is 13.8. The fourth-order valence-corrected chi connectivity index (χ4v) is 11.1. The molecule has 79 heavy (non-hydrogen) atoms. The van der Waals surface area contributed by atoms with Crippen LogP contribution in [0.3, 0.4) is 0 Å². The highest BCUT2D eigenvalue weighted by molar-refractivity contribution is 7.06. The van der Waals surface area contributed by atoms with Crippen molar-refractivity contribution in [2.45, 2.75) is 286 Å².